The SMILES string of the molecule is Cc1onc(-c2c(F)cccc2Cl)c1C(=O)N[C@H](C(=O)NCCCC[C@H](N)C(=O)O)[C@@H]1N[C@@H](C(=O)O)C(C)(C)S1. The summed E-state index contributed by atoms with van der Waals surface area (Å²) in [6.07, 6.45) is 1.07. The van der Waals surface area contributed by atoms with Crippen LogP contribution in [0.2, 0.25) is 5.02 Å². The molecule has 40 heavy (non-hydrogen) atoms. The number of nitrogens with two attached hydrogens (primary N) is 1. The zero-order valence-corrected chi connectivity index (χ0v) is 23.6. The summed E-state index contributed by atoms with van der Waals surface area (Å²) in [7, 11) is 0. The molecular weight excluding hydrogens is 569 g/mol. The van der Waals surface area contributed by atoms with E-state index in [0.29, 0.717) is 12.8 Å². The number of halogens is 2. The Hall–Kier alpha value is -3.20. The van der Waals surface area contributed by atoms with Crippen molar-refractivity contribution in [2.24, 2.45) is 5.73 Å². The van der Waals surface area contributed by atoms with Crippen LogP contribution in [0.5, 0.6) is 0 Å². The third kappa shape index (κ3) is 7.11. The van der Waals surface area contributed by atoms with Gasteiger partial charge < -0.3 is 31.1 Å². The number of aliphatic carboxylic acids is 2. The van der Waals surface area contributed by atoms with E-state index in [1.165, 1.54) is 30.8 Å². The van der Waals surface area contributed by atoms with Crippen LogP contribution in [0.3, 0.4) is 0 Å². The van der Waals surface area contributed by atoms with Gasteiger partial charge in [0.05, 0.1) is 16.0 Å². The van der Waals surface area contributed by atoms with Crippen LogP contribution in [0.25, 0.3) is 11.3 Å². The van der Waals surface area contributed by atoms with Gasteiger partial charge in [-0.3, -0.25) is 24.5 Å². The average molecular weight is 600 g/mol. The summed E-state index contributed by atoms with van der Waals surface area (Å²) in [5, 5.41) is 29.8. The molecule has 1 aliphatic heterocycles. The number of aryl methyl sites for hydroxylation is 1. The van der Waals surface area contributed by atoms with Crippen LogP contribution in [-0.2, 0) is 14.4 Å². The predicted octanol–water partition coefficient (Wildman–Crippen LogP) is 2.13. The summed E-state index contributed by atoms with van der Waals surface area (Å²) in [6.45, 7) is 5.01. The van der Waals surface area contributed by atoms with E-state index in [4.69, 9.17) is 27.0 Å². The number of nitrogens with one attached hydrogen (secondary N) is 3. The number of hydrogen-bond donors (Lipinski definition) is 6. The van der Waals surface area contributed by atoms with Crippen molar-refractivity contribution >= 4 is 47.1 Å². The van der Waals surface area contributed by atoms with E-state index in [0.717, 1.165) is 6.07 Å². The second-order valence-electron chi connectivity index (χ2n) is 9.82. The fourth-order valence-electron chi connectivity index (χ4n) is 4.29. The van der Waals surface area contributed by atoms with Gasteiger partial charge >= 0.3 is 11.9 Å². The Morgan fingerprint density at radius 1 is 1.27 bits per heavy atom. The number of hydrogen-bond acceptors (Lipinski definition) is 9. The first-order chi connectivity index (χ1) is 18.7. The highest BCUT2D eigenvalue weighted by atomic mass is 35.5. The number of carbonyl (C=O) groups excluding carboxylic acids is 2. The van der Waals surface area contributed by atoms with Crippen molar-refractivity contribution in [3.63, 3.8) is 0 Å². The molecule has 1 fully saturated rings. The largest absolute Gasteiger partial charge is 0.480 e. The normalized spacial score (nSPS) is 19.6. The highest BCUT2D eigenvalue weighted by Crippen LogP contribution is 2.39. The highest BCUT2D eigenvalue weighted by Gasteiger charge is 2.49. The van der Waals surface area contributed by atoms with Crippen LogP contribution < -0.4 is 21.7 Å². The minimum Gasteiger partial charge on any atom is -0.480 e. The maximum atomic E-state index is 14.7. The Morgan fingerprint density at radius 3 is 2.58 bits per heavy atom. The number of amides is 2. The molecule has 1 aromatic carbocycles. The topological polar surface area (TPSA) is 197 Å². The molecule has 1 aliphatic rings. The Labute approximate surface area is 238 Å². The molecule has 1 saturated heterocycles. The first-order valence-corrected chi connectivity index (χ1v) is 13.6. The van der Waals surface area contributed by atoms with Gasteiger partial charge in [-0.05, 0) is 52.2 Å². The van der Waals surface area contributed by atoms with E-state index >= 15 is 0 Å². The van der Waals surface area contributed by atoms with Gasteiger partial charge in [0.2, 0.25) is 5.91 Å². The van der Waals surface area contributed by atoms with Crippen LogP contribution in [0.15, 0.2) is 22.7 Å². The minimum absolute atomic E-state index is 0.00155. The molecule has 2 heterocycles. The fraction of sp³-hybridized carbons (Fsp3) is 0.480. The molecule has 12 nitrogen and oxygen atoms in total. The molecule has 2 aromatic rings. The quantitative estimate of drug-likeness (QED) is 0.195. The molecule has 218 valence electrons. The maximum absolute atomic E-state index is 14.7. The number of thioether (sulfide) groups is 1. The molecule has 0 bridgehead atoms. The van der Waals surface area contributed by atoms with Gasteiger partial charge in [0.25, 0.3) is 5.91 Å². The third-order valence-electron chi connectivity index (χ3n) is 6.42. The second-order valence-corrected chi connectivity index (χ2v) is 12.0. The summed E-state index contributed by atoms with van der Waals surface area (Å²) in [4.78, 5) is 49.6. The van der Waals surface area contributed by atoms with Crippen molar-refractivity contribution in [3.8, 4) is 11.3 Å². The molecule has 7 N–H and O–H groups in total. The predicted molar refractivity (Wildman–Crippen MR) is 145 cm³/mol. The van der Waals surface area contributed by atoms with E-state index in [1.807, 2.05) is 0 Å². The zero-order chi connectivity index (χ0) is 29.8. The van der Waals surface area contributed by atoms with E-state index in [-0.39, 0.29) is 40.6 Å². The van der Waals surface area contributed by atoms with Crippen molar-refractivity contribution in [2.45, 2.75) is 68.3 Å². The number of aromatic nitrogens is 1. The standard InChI is InChI=1S/C25H31ClFN5O7S/c1-11-15(17(32-39-11)16-12(26)7-6-8-13(16)27)20(33)30-18(22-31-19(24(37)38)25(2,3)40-22)21(34)29-10-5-4-9-14(28)23(35)36/h6-8,14,18-19,22,31H,4-5,9-10,28H2,1-3H3,(H,29,34)(H,30,33)(H,35,36)(H,37,38)/t14-,18+,19-,22+/m0/s1. The number of carboxylic acids is 2. The van der Waals surface area contributed by atoms with Gasteiger partial charge in [0, 0.05) is 11.3 Å². The van der Waals surface area contributed by atoms with Gasteiger partial charge in [-0.2, -0.15) is 0 Å². The number of carboxylic acid groups (broad SMARTS) is 2. The zero-order valence-electron chi connectivity index (χ0n) is 22.0. The summed E-state index contributed by atoms with van der Waals surface area (Å²) < 4.78 is 19.0. The number of benzene rings is 1. The van der Waals surface area contributed by atoms with Crippen molar-refractivity contribution in [3.05, 3.63) is 40.4 Å². The average Bonchev–Trinajstić information content (AvgIpc) is 3.40. The van der Waals surface area contributed by atoms with Crippen LogP contribution >= 0.6 is 23.4 Å². The Kier molecular flexibility index (Phi) is 10.2. The smallest absolute Gasteiger partial charge is 0.322 e. The summed E-state index contributed by atoms with van der Waals surface area (Å²) in [6, 6.07) is 0.685. The Balaban J connectivity index is 1.84. The van der Waals surface area contributed by atoms with Gasteiger partial charge in [-0.1, -0.05) is 22.8 Å². The monoisotopic (exact) mass is 599 g/mol. The van der Waals surface area contributed by atoms with Gasteiger partial charge in [0.1, 0.15) is 41.0 Å². The third-order valence-corrected chi connectivity index (χ3v) is 8.24. The highest BCUT2D eigenvalue weighted by molar-refractivity contribution is 8.01. The van der Waals surface area contributed by atoms with E-state index in [1.54, 1.807) is 13.8 Å². The van der Waals surface area contributed by atoms with Gasteiger partial charge in [-0.25, -0.2) is 4.39 Å². The number of nitrogens with zero attached hydrogens (tertiary/aromatic N) is 1. The number of rotatable bonds is 12. The first kappa shape index (κ1) is 31.3. The van der Waals surface area contributed by atoms with Crippen molar-refractivity contribution in [1.29, 1.82) is 0 Å². The van der Waals surface area contributed by atoms with Gasteiger partial charge in [0.15, 0.2) is 0 Å². The number of unbranched alkanes of at least 4 members (excludes halogenated alkanes) is 1. The Bertz CT molecular complexity index is 1270. The summed E-state index contributed by atoms with van der Waals surface area (Å²) >= 11 is 7.35. The molecule has 3 rings (SSSR count). The molecule has 4 atom stereocenters. The lowest BCUT2D eigenvalue weighted by Crippen LogP contribution is -2.57. The molecule has 0 radical (unpaired) electrons. The maximum Gasteiger partial charge on any atom is 0.322 e. The Morgan fingerprint density at radius 2 is 1.98 bits per heavy atom. The van der Waals surface area contributed by atoms with Crippen molar-refractivity contribution < 1.29 is 38.3 Å². The molecule has 0 aliphatic carbocycles. The summed E-state index contributed by atoms with van der Waals surface area (Å²) in [5.74, 6) is -4.33. The lowest BCUT2D eigenvalue weighted by atomic mass is 10.0. The summed E-state index contributed by atoms with van der Waals surface area (Å²) in [5.41, 5.74) is 5.07. The first-order valence-electron chi connectivity index (χ1n) is 12.4. The molecule has 0 unspecified atom stereocenters. The molecule has 15 heteroatoms. The van der Waals surface area contributed by atoms with E-state index < -0.39 is 57.8 Å². The lowest BCUT2D eigenvalue weighted by Gasteiger charge is -2.25. The van der Waals surface area contributed by atoms with Gasteiger partial charge in [-0.15, -0.1) is 11.8 Å². The molecule has 0 spiro atoms. The van der Waals surface area contributed by atoms with E-state index in [9.17, 15) is 28.7 Å². The molecular formula is C25H31ClFN5O7S. The van der Waals surface area contributed by atoms with Crippen LogP contribution in [0.1, 0.15) is 49.2 Å². The second kappa shape index (κ2) is 13.0. The van der Waals surface area contributed by atoms with E-state index in [2.05, 4.69) is 21.1 Å². The van der Waals surface area contributed by atoms with Crippen LogP contribution in [0, 0.1) is 12.7 Å². The fourth-order valence-corrected chi connectivity index (χ4v) is 6.03. The molecule has 0 saturated carbocycles. The minimum atomic E-state index is -1.26. The lowest BCUT2D eigenvalue weighted by molar-refractivity contribution is -0.140. The number of carbonyl (C=O) groups is 4. The van der Waals surface area contributed by atoms with Crippen LogP contribution in [0.4, 0.5) is 4.39 Å². The van der Waals surface area contributed by atoms with Crippen molar-refractivity contribution in [2.75, 3.05) is 6.54 Å². The molecule has 1 aromatic heterocycles. The molecule has 2 amide bonds. The van der Waals surface area contributed by atoms with Crippen molar-refractivity contribution in [1.82, 2.24) is 21.1 Å². The van der Waals surface area contributed by atoms with Crippen LogP contribution in [-0.4, -0.2) is 73.9 Å².